The first-order chi connectivity index (χ1) is 21.2. The number of amides is 3. The standard InChI is InChI=1S/C32H46N4O9/c1-8-12-35-26-21-13-17(2)14-25(43-7)29(45-32(34)41)20(5)15-19(4)28(44-31(33)40)24(42-6)11-9-10-18(3)30(39)36-22(27(21)38)16-23(26)37/h8,10,15-17,20,24-25,28-29,35H,1,9,11-14H2,2-7H3,(H2,33,40)(H2,34,41)(H,36,39)/b18-10+,19-15+/t17-,20+,24+,25+,28+,29-/m1/s1. The lowest BCUT2D eigenvalue weighted by atomic mass is 9.85. The van der Waals surface area contributed by atoms with Gasteiger partial charge < -0.3 is 41.0 Å². The Labute approximate surface area is 264 Å². The van der Waals surface area contributed by atoms with Gasteiger partial charge in [0.05, 0.1) is 23.6 Å². The molecule has 2 bridgehead atoms. The van der Waals surface area contributed by atoms with Crippen molar-refractivity contribution in [3.8, 4) is 0 Å². The number of ketones is 2. The zero-order valence-corrected chi connectivity index (χ0v) is 26.8. The highest BCUT2D eigenvalue weighted by Gasteiger charge is 2.35. The van der Waals surface area contributed by atoms with Gasteiger partial charge in [0.1, 0.15) is 6.10 Å². The van der Waals surface area contributed by atoms with E-state index in [2.05, 4.69) is 17.2 Å². The quantitative estimate of drug-likeness (QED) is 0.240. The van der Waals surface area contributed by atoms with E-state index in [9.17, 15) is 24.0 Å². The predicted molar refractivity (Wildman–Crippen MR) is 166 cm³/mol. The molecule has 0 aromatic carbocycles. The van der Waals surface area contributed by atoms with Gasteiger partial charge in [-0.1, -0.05) is 32.1 Å². The minimum absolute atomic E-state index is 0.125. The number of nitrogens with one attached hydrogen (secondary N) is 2. The molecule has 0 aromatic heterocycles. The molecule has 13 nitrogen and oxygen atoms in total. The van der Waals surface area contributed by atoms with Crippen LogP contribution in [0.1, 0.15) is 53.4 Å². The normalized spacial score (nSPS) is 29.7. The van der Waals surface area contributed by atoms with Crippen LogP contribution in [0.4, 0.5) is 9.59 Å². The Morgan fingerprint density at radius 3 is 2.29 bits per heavy atom. The van der Waals surface area contributed by atoms with E-state index in [1.165, 1.54) is 14.2 Å². The van der Waals surface area contributed by atoms with Crippen molar-refractivity contribution < 1.29 is 42.9 Å². The molecular formula is C32H46N4O9. The number of hydrogen-bond donors (Lipinski definition) is 4. The van der Waals surface area contributed by atoms with E-state index in [-0.39, 0.29) is 35.9 Å². The number of primary amides is 2. The van der Waals surface area contributed by atoms with E-state index in [4.69, 9.17) is 30.4 Å². The molecule has 6 N–H and O–H groups in total. The van der Waals surface area contributed by atoms with Crippen molar-refractivity contribution >= 4 is 29.7 Å². The molecule has 6 atom stereocenters. The maximum Gasteiger partial charge on any atom is 0.405 e. The molecule has 248 valence electrons. The van der Waals surface area contributed by atoms with Crippen molar-refractivity contribution in [2.75, 3.05) is 20.8 Å². The van der Waals surface area contributed by atoms with E-state index in [0.29, 0.717) is 30.4 Å². The molecule has 1 heterocycles. The van der Waals surface area contributed by atoms with Crippen LogP contribution >= 0.6 is 0 Å². The van der Waals surface area contributed by atoms with Crippen LogP contribution in [0.5, 0.6) is 0 Å². The van der Waals surface area contributed by atoms with Gasteiger partial charge in [0.2, 0.25) is 11.6 Å². The van der Waals surface area contributed by atoms with Crippen LogP contribution < -0.4 is 22.1 Å². The van der Waals surface area contributed by atoms with E-state index >= 15 is 0 Å². The second-order valence-corrected chi connectivity index (χ2v) is 11.3. The number of rotatable bonds is 7. The zero-order valence-electron chi connectivity index (χ0n) is 26.8. The molecule has 0 spiro atoms. The third kappa shape index (κ3) is 10.4. The number of fused-ring (bicyclic) bond motifs is 2. The fraction of sp³-hybridized carbons (Fsp3) is 0.531. The first kappa shape index (κ1) is 37.0. The summed E-state index contributed by atoms with van der Waals surface area (Å²) >= 11 is 0. The Hall–Kier alpha value is -4.23. The van der Waals surface area contributed by atoms with Gasteiger partial charge in [0, 0.05) is 43.9 Å². The van der Waals surface area contributed by atoms with E-state index in [1.54, 1.807) is 39.0 Å². The molecule has 1 aliphatic heterocycles. The molecule has 0 unspecified atom stereocenters. The molecule has 0 saturated carbocycles. The summed E-state index contributed by atoms with van der Waals surface area (Å²) in [6.45, 7) is 10.9. The topological polar surface area (TPSA) is 198 Å². The predicted octanol–water partition coefficient (Wildman–Crippen LogP) is 2.86. The summed E-state index contributed by atoms with van der Waals surface area (Å²) in [5, 5.41) is 5.55. The average molecular weight is 631 g/mol. The van der Waals surface area contributed by atoms with Crippen molar-refractivity contribution in [1.29, 1.82) is 0 Å². The maximum atomic E-state index is 13.7. The summed E-state index contributed by atoms with van der Waals surface area (Å²) in [7, 11) is 2.92. The highest BCUT2D eigenvalue weighted by molar-refractivity contribution is 6.23. The lowest BCUT2D eigenvalue weighted by Gasteiger charge is -2.32. The Morgan fingerprint density at radius 2 is 1.71 bits per heavy atom. The fourth-order valence-corrected chi connectivity index (χ4v) is 5.56. The van der Waals surface area contributed by atoms with Crippen molar-refractivity contribution in [3.63, 3.8) is 0 Å². The summed E-state index contributed by atoms with van der Waals surface area (Å²) in [6, 6.07) is 0. The number of allylic oxidation sites excluding steroid dienone is 3. The summed E-state index contributed by atoms with van der Waals surface area (Å²) < 4.78 is 22.4. The molecule has 1 aliphatic carbocycles. The second-order valence-electron chi connectivity index (χ2n) is 11.3. The molecule has 0 fully saturated rings. The second kappa shape index (κ2) is 17.3. The van der Waals surface area contributed by atoms with Gasteiger partial charge in [-0.25, -0.2) is 9.59 Å². The first-order valence-corrected chi connectivity index (χ1v) is 14.8. The Morgan fingerprint density at radius 1 is 1.07 bits per heavy atom. The van der Waals surface area contributed by atoms with Crippen molar-refractivity contribution in [2.45, 2.75) is 77.8 Å². The molecule has 0 radical (unpaired) electrons. The van der Waals surface area contributed by atoms with Crippen LogP contribution in [-0.4, -0.2) is 74.8 Å². The maximum absolute atomic E-state index is 13.7. The van der Waals surface area contributed by atoms with Gasteiger partial charge in [0.15, 0.2) is 6.10 Å². The number of Topliss-reactive ketones (excluding diaryl/α,β-unsaturated/α-hetero) is 1. The Kier molecular flexibility index (Phi) is 14.2. The third-order valence-corrected chi connectivity index (χ3v) is 7.76. The van der Waals surface area contributed by atoms with Crippen LogP contribution in [0.2, 0.25) is 0 Å². The van der Waals surface area contributed by atoms with E-state index in [1.807, 2.05) is 6.92 Å². The number of ether oxygens (including phenoxy) is 4. The Bertz CT molecular complexity index is 1280. The number of nitrogens with two attached hydrogens (primary N) is 2. The highest BCUT2D eigenvalue weighted by atomic mass is 16.6. The van der Waals surface area contributed by atoms with Crippen molar-refractivity contribution in [2.24, 2.45) is 23.3 Å². The monoisotopic (exact) mass is 630 g/mol. The molecule has 2 rings (SSSR count). The molecule has 45 heavy (non-hydrogen) atoms. The van der Waals surface area contributed by atoms with Gasteiger partial charge in [-0.2, -0.15) is 0 Å². The first-order valence-electron chi connectivity index (χ1n) is 14.8. The molecule has 0 saturated heterocycles. The Balaban J connectivity index is 2.67. The largest absolute Gasteiger partial charge is 0.443 e. The lowest BCUT2D eigenvalue weighted by molar-refractivity contribution is -0.120. The van der Waals surface area contributed by atoms with Crippen molar-refractivity contribution in [1.82, 2.24) is 10.6 Å². The van der Waals surface area contributed by atoms with E-state index in [0.717, 1.165) is 6.08 Å². The zero-order chi connectivity index (χ0) is 33.8. The lowest BCUT2D eigenvalue weighted by Crippen LogP contribution is -2.41. The van der Waals surface area contributed by atoms with Crippen LogP contribution in [-0.2, 0) is 33.3 Å². The third-order valence-electron chi connectivity index (χ3n) is 7.76. The van der Waals surface area contributed by atoms with Gasteiger partial charge in [-0.05, 0) is 51.0 Å². The van der Waals surface area contributed by atoms with Gasteiger partial charge in [-0.15, -0.1) is 6.58 Å². The summed E-state index contributed by atoms with van der Waals surface area (Å²) in [6.07, 6.45) is 2.06. The van der Waals surface area contributed by atoms with Crippen LogP contribution in [0.15, 0.2) is 59.0 Å². The minimum atomic E-state index is -1.01. The van der Waals surface area contributed by atoms with E-state index < -0.39 is 60.0 Å². The molecular weight excluding hydrogens is 584 g/mol. The fourth-order valence-electron chi connectivity index (χ4n) is 5.56. The average Bonchev–Trinajstić information content (AvgIpc) is 2.97. The van der Waals surface area contributed by atoms with Gasteiger partial charge in [-0.3, -0.25) is 14.4 Å². The number of methoxy groups -OCH3 is 2. The van der Waals surface area contributed by atoms with Gasteiger partial charge in [0.25, 0.3) is 5.91 Å². The van der Waals surface area contributed by atoms with Crippen LogP contribution in [0.3, 0.4) is 0 Å². The van der Waals surface area contributed by atoms with Crippen molar-refractivity contribution in [3.05, 3.63) is 59.0 Å². The molecule has 2 aliphatic rings. The van der Waals surface area contributed by atoms with Crippen LogP contribution in [0, 0.1) is 11.8 Å². The highest BCUT2D eigenvalue weighted by Crippen LogP contribution is 2.30. The SMILES string of the molecule is C=CCNC1=C2C[C@@H](C)C[C@H](OC)[C@H](OC(N)=O)[C@@H](C)/C=C(\C)[C@H](OC(N)=O)[C@@H](OC)CC/C=C(\C)C(=O)NC(=CC1=O)C2=O. The smallest absolute Gasteiger partial charge is 0.405 e. The summed E-state index contributed by atoms with van der Waals surface area (Å²) in [5.41, 5.74) is 11.9. The minimum Gasteiger partial charge on any atom is -0.443 e. The summed E-state index contributed by atoms with van der Waals surface area (Å²) in [4.78, 5) is 63.7. The number of carbonyl (C=O) groups excluding carboxylic acids is 5. The van der Waals surface area contributed by atoms with Crippen LogP contribution in [0.25, 0.3) is 0 Å². The molecule has 0 aromatic rings. The number of hydrogen-bond acceptors (Lipinski definition) is 10. The molecule has 3 amide bonds. The summed E-state index contributed by atoms with van der Waals surface area (Å²) in [5.74, 6) is -2.28. The number of carbonyl (C=O) groups is 5. The van der Waals surface area contributed by atoms with Gasteiger partial charge >= 0.3 is 12.2 Å². The molecule has 13 heteroatoms.